The van der Waals surface area contributed by atoms with Crippen molar-refractivity contribution < 1.29 is 16.8 Å². The van der Waals surface area contributed by atoms with Crippen LogP contribution in [0.5, 0.6) is 0 Å². The number of hydrogen-bond donors (Lipinski definition) is 2. The molecule has 1 aromatic rings. The number of nitrogens with two attached hydrogens (primary N) is 1. The number of sulfonamides is 2. The fraction of sp³-hybridized carbons (Fsp3) is 0.700. The number of nitrogens with zero attached hydrogens (tertiary/aromatic N) is 2. The molecule has 0 bridgehead atoms. The summed E-state index contributed by atoms with van der Waals surface area (Å²) in [6.07, 6.45) is 1.58. The van der Waals surface area contributed by atoms with E-state index in [1.54, 1.807) is 0 Å². The summed E-state index contributed by atoms with van der Waals surface area (Å²) in [6.45, 7) is 5.75. The van der Waals surface area contributed by atoms with Gasteiger partial charge in [-0.15, -0.1) is 0 Å². The lowest BCUT2D eigenvalue weighted by Crippen LogP contribution is -2.23. The Hall–Kier alpha value is -1.13. The molecule has 1 aromatic heterocycles. The molecular formula is C10H20N4O4S2. The average Bonchev–Trinajstić information content (AvgIpc) is 2.54. The monoisotopic (exact) mass is 324 g/mol. The summed E-state index contributed by atoms with van der Waals surface area (Å²) in [5.41, 5.74) is -0.151. The van der Waals surface area contributed by atoms with Crippen LogP contribution in [-0.4, -0.2) is 32.4 Å². The molecule has 0 atom stereocenters. The fourth-order valence-electron chi connectivity index (χ4n) is 1.38. The van der Waals surface area contributed by atoms with Crippen molar-refractivity contribution in [1.82, 2.24) is 9.78 Å². The van der Waals surface area contributed by atoms with Crippen LogP contribution in [-0.2, 0) is 27.1 Å². The first-order chi connectivity index (χ1) is 8.80. The molecule has 0 fully saturated rings. The SMILES string of the molecule is Cn1cc(S(N)(=O)=O)c(NS(=O)(=O)CCC(C)(C)C)n1. The van der Waals surface area contributed by atoms with E-state index in [-0.39, 0.29) is 21.9 Å². The number of nitrogens with one attached hydrogen (secondary N) is 1. The second-order valence-electron chi connectivity index (χ2n) is 5.79. The zero-order chi connectivity index (χ0) is 15.8. The van der Waals surface area contributed by atoms with E-state index < -0.39 is 20.0 Å². The van der Waals surface area contributed by atoms with Gasteiger partial charge in [0.05, 0.1) is 5.75 Å². The summed E-state index contributed by atoms with van der Waals surface area (Å²) in [7, 11) is -6.25. The third-order valence-electron chi connectivity index (χ3n) is 2.47. The van der Waals surface area contributed by atoms with Gasteiger partial charge >= 0.3 is 0 Å². The third kappa shape index (κ3) is 5.10. The van der Waals surface area contributed by atoms with Crippen LogP contribution < -0.4 is 9.86 Å². The Morgan fingerprint density at radius 3 is 2.30 bits per heavy atom. The molecule has 3 N–H and O–H groups in total. The Morgan fingerprint density at radius 1 is 1.30 bits per heavy atom. The van der Waals surface area contributed by atoms with Crippen LogP contribution in [0.3, 0.4) is 0 Å². The van der Waals surface area contributed by atoms with Gasteiger partial charge in [-0.25, -0.2) is 22.0 Å². The molecule has 20 heavy (non-hydrogen) atoms. The molecule has 1 heterocycles. The maximum absolute atomic E-state index is 11.9. The van der Waals surface area contributed by atoms with Crippen LogP contribution in [0.15, 0.2) is 11.1 Å². The van der Waals surface area contributed by atoms with Crippen molar-refractivity contribution in [2.24, 2.45) is 17.6 Å². The second-order valence-corrected chi connectivity index (χ2v) is 9.16. The molecule has 0 amide bonds. The lowest BCUT2D eigenvalue weighted by Gasteiger charge is -2.17. The van der Waals surface area contributed by atoms with Gasteiger partial charge in [0, 0.05) is 13.2 Å². The highest BCUT2D eigenvalue weighted by Crippen LogP contribution is 2.22. The van der Waals surface area contributed by atoms with E-state index in [4.69, 9.17) is 5.14 Å². The van der Waals surface area contributed by atoms with E-state index in [2.05, 4.69) is 9.82 Å². The summed E-state index contributed by atoms with van der Waals surface area (Å²) in [4.78, 5) is -0.348. The molecule has 10 heteroatoms. The van der Waals surface area contributed by atoms with Crippen LogP contribution in [0.4, 0.5) is 5.82 Å². The minimum absolute atomic E-state index is 0.128. The Balaban J connectivity index is 2.99. The van der Waals surface area contributed by atoms with Gasteiger partial charge in [-0.1, -0.05) is 20.8 Å². The Labute approximate surface area is 119 Å². The predicted molar refractivity (Wildman–Crippen MR) is 76.1 cm³/mol. The Bertz CT molecular complexity index is 683. The van der Waals surface area contributed by atoms with E-state index in [0.29, 0.717) is 6.42 Å². The van der Waals surface area contributed by atoms with E-state index in [1.165, 1.54) is 11.7 Å². The van der Waals surface area contributed by atoms with Crippen LogP contribution in [0, 0.1) is 5.41 Å². The molecule has 0 unspecified atom stereocenters. The van der Waals surface area contributed by atoms with E-state index in [9.17, 15) is 16.8 Å². The average molecular weight is 324 g/mol. The van der Waals surface area contributed by atoms with Crippen molar-refractivity contribution >= 4 is 25.9 Å². The lowest BCUT2D eigenvalue weighted by molar-refractivity contribution is 0.397. The standard InChI is InChI=1S/C10H20N4O4S2/c1-10(2,3)5-6-19(15,16)13-9-8(20(11,17)18)7-14(4)12-9/h7H,5-6H2,1-4H3,(H,12,13)(H2,11,17,18). The van der Waals surface area contributed by atoms with E-state index in [1.807, 2.05) is 20.8 Å². The minimum Gasteiger partial charge on any atom is -0.272 e. The van der Waals surface area contributed by atoms with Crippen molar-refractivity contribution in [3.63, 3.8) is 0 Å². The van der Waals surface area contributed by atoms with E-state index >= 15 is 0 Å². The number of hydrogen-bond acceptors (Lipinski definition) is 5. The van der Waals surface area contributed by atoms with Gasteiger partial charge in [0.15, 0.2) is 5.82 Å². The van der Waals surface area contributed by atoms with Crippen molar-refractivity contribution in [1.29, 1.82) is 0 Å². The molecule has 0 aromatic carbocycles. The maximum atomic E-state index is 11.9. The normalized spacial score (nSPS) is 13.4. The molecule has 8 nitrogen and oxygen atoms in total. The molecule has 0 aliphatic rings. The van der Waals surface area contributed by atoms with Crippen LogP contribution in [0.25, 0.3) is 0 Å². The van der Waals surface area contributed by atoms with Gasteiger partial charge in [0.25, 0.3) is 0 Å². The molecule has 116 valence electrons. The number of primary sulfonamides is 1. The van der Waals surface area contributed by atoms with Gasteiger partial charge in [-0.2, -0.15) is 5.10 Å². The maximum Gasteiger partial charge on any atom is 0.243 e. The molecule has 0 spiro atoms. The van der Waals surface area contributed by atoms with Crippen molar-refractivity contribution in [2.75, 3.05) is 10.5 Å². The van der Waals surface area contributed by atoms with Gasteiger partial charge in [-0.3, -0.25) is 9.40 Å². The quantitative estimate of drug-likeness (QED) is 0.803. The van der Waals surface area contributed by atoms with Crippen LogP contribution in [0.2, 0.25) is 0 Å². The summed E-state index contributed by atoms with van der Waals surface area (Å²) >= 11 is 0. The van der Waals surface area contributed by atoms with Gasteiger partial charge in [-0.05, 0) is 11.8 Å². The fourth-order valence-corrected chi connectivity index (χ4v) is 3.54. The summed E-state index contributed by atoms with van der Waals surface area (Å²) in [5.74, 6) is -0.402. The number of aryl methyl sites for hydroxylation is 1. The highest BCUT2D eigenvalue weighted by Gasteiger charge is 2.23. The first-order valence-corrected chi connectivity index (χ1v) is 9.07. The molecule has 0 saturated carbocycles. The summed E-state index contributed by atoms with van der Waals surface area (Å²) in [6, 6.07) is 0. The molecule has 0 aliphatic heterocycles. The first kappa shape index (κ1) is 16.9. The zero-order valence-corrected chi connectivity index (χ0v) is 13.5. The van der Waals surface area contributed by atoms with Gasteiger partial charge < -0.3 is 0 Å². The smallest absolute Gasteiger partial charge is 0.243 e. The largest absolute Gasteiger partial charge is 0.272 e. The highest BCUT2D eigenvalue weighted by atomic mass is 32.2. The predicted octanol–water partition coefficient (Wildman–Crippen LogP) is 0.245. The minimum atomic E-state index is -4.04. The first-order valence-electron chi connectivity index (χ1n) is 5.87. The number of aromatic nitrogens is 2. The van der Waals surface area contributed by atoms with Crippen molar-refractivity contribution in [3.8, 4) is 0 Å². The Kier molecular flexibility index (Phi) is 4.52. The van der Waals surface area contributed by atoms with Gasteiger partial charge in [0.1, 0.15) is 4.90 Å². The van der Waals surface area contributed by atoms with E-state index in [0.717, 1.165) is 6.20 Å². The van der Waals surface area contributed by atoms with Crippen molar-refractivity contribution in [3.05, 3.63) is 6.20 Å². The Morgan fingerprint density at radius 2 is 1.85 bits per heavy atom. The second kappa shape index (κ2) is 5.34. The number of rotatable bonds is 5. The summed E-state index contributed by atoms with van der Waals surface area (Å²) < 4.78 is 49.9. The molecular weight excluding hydrogens is 304 g/mol. The molecule has 0 aliphatic carbocycles. The number of anilines is 1. The highest BCUT2D eigenvalue weighted by molar-refractivity contribution is 7.93. The summed E-state index contributed by atoms with van der Waals surface area (Å²) in [5, 5.41) is 8.79. The van der Waals surface area contributed by atoms with Crippen LogP contribution >= 0.6 is 0 Å². The molecule has 1 rings (SSSR count). The lowest BCUT2D eigenvalue weighted by atomic mass is 9.94. The van der Waals surface area contributed by atoms with Gasteiger partial charge in [0.2, 0.25) is 20.0 Å². The van der Waals surface area contributed by atoms with Crippen LogP contribution in [0.1, 0.15) is 27.2 Å². The molecule has 0 saturated heterocycles. The zero-order valence-electron chi connectivity index (χ0n) is 11.9. The van der Waals surface area contributed by atoms with Crippen molar-refractivity contribution in [2.45, 2.75) is 32.1 Å². The third-order valence-corrected chi connectivity index (χ3v) is 4.63. The topological polar surface area (TPSA) is 124 Å². The molecule has 0 radical (unpaired) electrons.